The highest BCUT2D eigenvalue weighted by Gasteiger charge is 2.37. The molecule has 2 aliphatic rings. The number of rotatable bonds is 1. The summed E-state index contributed by atoms with van der Waals surface area (Å²) < 4.78 is 38.6. The van der Waals surface area contributed by atoms with E-state index in [4.69, 9.17) is 0 Å². The minimum Gasteiger partial charge on any atom is -0.350 e. The number of hydrogen-bond donors (Lipinski definition) is 1. The molecule has 0 spiro atoms. The average Bonchev–Trinajstić information content (AvgIpc) is 2.63. The van der Waals surface area contributed by atoms with Gasteiger partial charge in [0.25, 0.3) is 5.91 Å². The van der Waals surface area contributed by atoms with Gasteiger partial charge in [-0.25, -0.2) is 4.98 Å². The number of amides is 1. The lowest BCUT2D eigenvalue weighted by atomic mass is 10.1. The fourth-order valence-corrected chi connectivity index (χ4v) is 3.12. The third kappa shape index (κ3) is 2.99. The van der Waals surface area contributed by atoms with Gasteiger partial charge in [0.2, 0.25) is 0 Å². The molecule has 8 heteroatoms. The van der Waals surface area contributed by atoms with Gasteiger partial charge in [0.15, 0.2) is 0 Å². The minimum absolute atomic E-state index is 0.000298. The molecule has 23 heavy (non-hydrogen) atoms. The van der Waals surface area contributed by atoms with Gasteiger partial charge in [-0.3, -0.25) is 9.69 Å². The number of nitrogens with zero attached hydrogens (tertiary/aromatic N) is 3. The number of nitrogens with one attached hydrogen (secondary N) is 1. The van der Waals surface area contributed by atoms with Crippen LogP contribution in [0.4, 0.5) is 19.0 Å². The van der Waals surface area contributed by atoms with Gasteiger partial charge in [-0.15, -0.1) is 0 Å². The molecule has 0 aliphatic carbocycles. The Kier molecular flexibility index (Phi) is 3.95. The molecule has 1 N–H and O–H groups in total. The first-order valence-corrected chi connectivity index (χ1v) is 7.63. The van der Waals surface area contributed by atoms with Crippen molar-refractivity contribution in [2.24, 2.45) is 0 Å². The van der Waals surface area contributed by atoms with Crippen LogP contribution in [0.15, 0.2) is 12.3 Å². The summed E-state index contributed by atoms with van der Waals surface area (Å²) in [6.45, 7) is 6.80. The summed E-state index contributed by atoms with van der Waals surface area (Å²) in [5, 5.41) is 2.72. The molecular formula is C15H19F3N4O. The number of pyridine rings is 1. The maximum atomic E-state index is 12.9. The first kappa shape index (κ1) is 16.0. The van der Waals surface area contributed by atoms with Gasteiger partial charge in [-0.1, -0.05) is 0 Å². The van der Waals surface area contributed by atoms with Crippen molar-refractivity contribution < 1.29 is 18.0 Å². The Morgan fingerprint density at radius 3 is 2.74 bits per heavy atom. The number of hydrogen-bond acceptors (Lipinski definition) is 4. The molecule has 5 nitrogen and oxygen atoms in total. The molecule has 1 aromatic heterocycles. The van der Waals surface area contributed by atoms with E-state index in [1.807, 2.05) is 4.90 Å². The molecule has 1 saturated heterocycles. The fourth-order valence-electron chi connectivity index (χ4n) is 3.12. The number of piperazine rings is 1. The highest BCUT2D eigenvalue weighted by atomic mass is 19.4. The number of anilines is 1. The zero-order valence-corrected chi connectivity index (χ0v) is 13.0. The van der Waals surface area contributed by atoms with Crippen LogP contribution in [0, 0.1) is 0 Å². The van der Waals surface area contributed by atoms with Crippen LogP contribution in [0.5, 0.6) is 0 Å². The molecular weight excluding hydrogens is 309 g/mol. The second-order valence-corrected chi connectivity index (χ2v) is 6.24. The predicted molar refractivity (Wildman–Crippen MR) is 79.4 cm³/mol. The van der Waals surface area contributed by atoms with E-state index in [-0.39, 0.29) is 11.6 Å². The molecule has 0 saturated carbocycles. The zero-order valence-electron chi connectivity index (χ0n) is 13.0. The lowest BCUT2D eigenvalue weighted by molar-refractivity contribution is -0.137. The van der Waals surface area contributed by atoms with E-state index in [9.17, 15) is 18.0 Å². The molecule has 1 amide bonds. The number of fused-ring (bicyclic) bond motifs is 3. The second-order valence-electron chi connectivity index (χ2n) is 6.24. The van der Waals surface area contributed by atoms with Gasteiger partial charge in [0.05, 0.1) is 17.2 Å². The molecule has 1 atom stereocenters. The largest absolute Gasteiger partial charge is 0.417 e. The first-order chi connectivity index (χ1) is 10.8. The minimum atomic E-state index is -4.51. The molecule has 0 unspecified atom stereocenters. The summed E-state index contributed by atoms with van der Waals surface area (Å²) in [7, 11) is 0. The number of aromatic nitrogens is 1. The van der Waals surface area contributed by atoms with Gasteiger partial charge in [0, 0.05) is 38.4 Å². The van der Waals surface area contributed by atoms with Crippen LogP contribution in [-0.2, 0) is 6.18 Å². The smallest absolute Gasteiger partial charge is 0.350 e. The van der Waals surface area contributed by atoms with Crippen molar-refractivity contribution in [2.75, 3.05) is 31.1 Å². The molecule has 0 radical (unpaired) electrons. The van der Waals surface area contributed by atoms with Crippen molar-refractivity contribution in [3.63, 3.8) is 0 Å². The van der Waals surface area contributed by atoms with E-state index < -0.39 is 17.6 Å². The van der Waals surface area contributed by atoms with Gasteiger partial charge in [-0.05, 0) is 19.9 Å². The van der Waals surface area contributed by atoms with E-state index in [1.165, 1.54) is 0 Å². The van der Waals surface area contributed by atoms with Crippen molar-refractivity contribution in [3.05, 3.63) is 23.4 Å². The van der Waals surface area contributed by atoms with Crippen LogP contribution in [-0.4, -0.2) is 54.1 Å². The van der Waals surface area contributed by atoms with Gasteiger partial charge in [-0.2, -0.15) is 13.2 Å². The molecule has 1 aromatic rings. The second kappa shape index (κ2) is 5.67. The van der Waals surface area contributed by atoms with Crippen molar-refractivity contribution in [1.82, 2.24) is 15.2 Å². The number of alkyl halides is 3. The number of carbonyl (C=O) groups excluding carboxylic acids is 1. The number of halogens is 3. The molecule has 1 fully saturated rings. The van der Waals surface area contributed by atoms with Crippen molar-refractivity contribution in [3.8, 4) is 0 Å². The van der Waals surface area contributed by atoms with Crippen LogP contribution in [0.2, 0.25) is 0 Å². The van der Waals surface area contributed by atoms with Crippen LogP contribution in [0.3, 0.4) is 0 Å². The number of carbonyl (C=O) groups is 1. The Hall–Kier alpha value is -1.83. The quantitative estimate of drug-likeness (QED) is 0.853. The van der Waals surface area contributed by atoms with E-state index in [2.05, 4.69) is 29.0 Å². The van der Waals surface area contributed by atoms with E-state index in [1.54, 1.807) is 0 Å². The van der Waals surface area contributed by atoms with Crippen molar-refractivity contribution in [1.29, 1.82) is 0 Å². The Morgan fingerprint density at radius 1 is 1.35 bits per heavy atom. The Morgan fingerprint density at radius 2 is 2.09 bits per heavy atom. The zero-order chi connectivity index (χ0) is 16.8. The van der Waals surface area contributed by atoms with Gasteiger partial charge >= 0.3 is 6.18 Å². The third-order valence-corrected chi connectivity index (χ3v) is 4.45. The van der Waals surface area contributed by atoms with E-state index >= 15 is 0 Å². The molecule has 0 aromatic carbocycles. The molecule has 3 heterocycles. The summed E-state index contributed by atoms with van der Waals surface area (Å²) in [5.74, 6) is -0.148. The standard InChI is InChI=1S/C15H19F3N4O/c1-9(2)21-3-4-22-11(8-21)7-20-14(23)12-5-10(15(16,17)18)6-19-13(12)22/h5-6,9,11H,3-4,7-8H2,1-2H3,(H,20,23)/t11-/m0/s1. The monoisotopic (exact) mass is 328 g/mol. The van der Waals surface area contributed by atoms with Crippen LogP contribution >= 0.6 is 0 Å². The lowest BCUT2D eigenvalue weighted by Crippen LogP contribution is -2.57. The Labute approximate surface area is 132 Å². The Bertz CT molecular complexity index is 617. The molecule has 0 bridgehead atoms. The average molecular weight is 328 g/mol. The highest BCUT2D eigenvalue weighted by Crippen LogP contribution is 2.33. The van der Waals surface area contributed by atoms with Crippen molar-refractivity contribution >= 4 is 11.7 Å². The predicted octanol–water partition coefficient (Wildman–Crippen LogP) is 1.74. The molecule has 126 valence electrons. The normalized spacial score (nSPS) is 22.4. The summed E-state index contributed by atoms with van der Waals surface area (Å²) in [4.78, 5) is 20.4. The highest BCUT2D eigenvalue weighted by molar-refractivity contribution is 5.99. The van der Waals surface area contributed by atoms with Crippen LogP contribution in [0.1, 0.15) is 29.8 Å². The maximum Gasteiger partial charge on any atom is 0.417 e. The molecule has 2 aliphatic heterocycles. The van der Waals surface area contributed by atoms with Gasteiger partial charge in [0.1, 0.15) is 5.82 Å². The molecule has 3 rings (SSSR count). The van der Waals surface area contributed by atoms with Crippen molar-refractivity contribution in [2.45, 2.75) is 32.1 Å². The van der Waals surface area contributed by atoms with Crippen LogP contribution in [0.25, 0.3) is 0 Å². The van der Waals surface area contributed by atoms with Gasteiger partial charge < -0.3 is 10.2 Å². The van der Waals surface area contributed by atoms with E-state index in [0.29, 0.717) is 24.9 Å². The summed E-state index contributed by atoms with van der Waals surface area (Å²) in [6.07, 6.45) is -3.70. The summed E-state index contributed by atoms with van der Waals surface area (Å²) >= 11 is 0. The topological polar surface area (TPSA) is 48.5 Å². The summed E-state index contributed by atoms with van der Waals surface area (Å²) in [5.41, 5.74) is -0.897. The first-order valence-electron chi connectivity index (χ1n) is 7.63. The Balaban J connectivity index is 1.96. The third-order valence-electron chi connectivity index (χ3n) is 4.45. The van der Waals surface area contributed by atoms with Crippen LogP contribution < -0.4 is 10.2 Å². The lowest BCUT2D eigenvalue weighted by Gasteiger charge is -2.43. The fraction of sp³-hybridized carbons (Fsp3) is 0.600. The SMILES string of the molecule is CC(C)N1CCN2c3ncc(C(F)(F)F)cc3C(=O)NC[C@H]2C1. The summed E-state index contributed by atoms with van der Waals surface area (Å²) in [6, 6.07) is 1.30. The maximum absolute atomic E-state index is 12.9. The van der Waals surface area contributed by atoms with E-state index in [0.717, 1.165) is 25.4 Å².